The lowest BCUT2D eigenvalue weighted by Crippen LogP contribution is -2.23. The minimum atomic E-state index is -0.487. The number of hydrogen-bond donors (Lipinski definition) is 2. The molecule has 1 amide bonds. The van der Waals surface area contributed by atoms with E-state index in [4.69, 9.17) is 9.47 Å². The fraction of sp³-hybridized carbons (Fsp3) is 0.190. The molecule has 0 saturated carbocycles. The normalized spacial score (nSPS) is 11.3. The highest BCUT2D eigenvalue weighted by molar-refractivity contribution is 6.01. The van der Waals surface area contributed by atoms with Gasteiger partial charge in [-0.05, 0) is 50.2 Å². The summed E-state index contributed by atoms with van der Waals surface area (Å²) in [6, 6.07) is 10.2. The molecule has 0 aliphatic rings. The molecule has 8 nitrogen and oxygen atoms in total. The number of aromatic amines is 1. The Morgan fingerprint density at radius 2 is 1.70 bits per heavy atom. The zero-order valence-electron chi connectivity index (χ0n) is 16.9. The number of nitrogens with one attached hydrogen (secondary N) is 2. The molecule has 9 heteroatoms. The number of methoxy groups -OCH3 is 2. The van der Waals surface area contributed by atoms with Gasteiger partial charge in [0.05, 0.1) is 31.2 Å². The lowest BCUT2D eigenvalue weighted by molar-refractivity contribution is 0.0954. The van der Waals surface area contributed by atoms with Crippen molar-refractivity contribution in [3.8, 4) is 17.2 Å². The van der Waals surface area contributed by atoms with E-state index in [1.165, 1.54) is 43.2 Å². The SMILES string of the molecule is COc1cc(OC)cc(C(=O)NN=C(C)c2c(C)[nH]n(-c3ccc(F)cc3)c2=O)c1. The maximum atomic E-state index is 13.2. The lowest BCUT2D eigenvalue weighted by atomic mass is 10.2. The van der Waals surface area contributed by atoms with Crippen molar-refractivity contribution in [2.45, 2.75) is 13.8 Å². The van der Waals surface area contributed by atoms with Crippen LogP contribution in [0.2, 0.25) is 0 Å². The summed E-state index contributed by atoms with van der Waals surface area (Å²) in [5.41, 5.74) is 4.03. The summed E-state index contributed by atoms with van der Waals surface area (Å²) in [7, 11) is 2.97. The largest absolute Gasteiger partial charge is 0.497 e. The van der Waals surface area contributed by atoms with Crippen molar-refractivity contribution in [2.75, 3.05) is 14.2 Å². The van der Waals surface area contributed by atoms with Crippen molar-refractivity contribution in [1.29, 1.82) is 0 Å². The zero-order chi connectivity index (χ0) is 21.8. The number of aryl methyl sites for hydroxylation is 1. The second-order valence-electron chi connectivity index (χ2n) is 6.47. The van der Waals surface area contributed by atoms with Crippen LogP contribution in [0.1, 0.15) is 28.5 Å². The summed E-state index contributed by atoms with van der Waals surface area (Å²) in [6.07, 6.45) is 0. The molecule has 0 aliphatic heterocycles. The maximum Gasteiger partial charge on any atom is 0.280 e. The average molecular weight is 412 g/mol. The first-order valence-electron chi connectivity index (χ1n) is 8.99. The maximum absolute atomic E-state index is 13.2. The molecule has 0 saturated heterocycles. The Morgan fingerprint density at radius 1 is 1.10 bits per heavy atom. The summed E-state index contributed by atoms with van der Waals surface area (Å²) in [5.74, 6) is 0.0382. The molecular formula is C21H21FN4O4. The van der Waals surface area contributed by atoms with Crippen LogP contribution in [0.5, 0.6) is 11.5 Å². The standard InChI is InChI=1S/C21H21FN4O4/c1-12(23-24-20(27)14-9-17(29-3)11-18(10-14)30-4)19-13(2)25-26(21(19)28)16-7-5-15(22)6-8-16/h5-11,25H,1-4H3,(H,24,27). The number of aromatic nitrogens is 2. The number of ether oxygens (including phenoxy) is 2. The summed E-state index contributed by atoms with van der Waals surface area (Å²) < 4.78 is 24.8. The van der Waals surface area contributed by atoms with Gasteiger partial charge in [0, 0.05) is 17.3 Å². The van der Waals surface area contributed by atoms with Crippen molar-refractivity contribution in [3.63, 3.8) is 0 Å². The zero-order valence-corrected chi connectivity index (χ0v) is 16.9. The van der Waals surface area contributed by atoms with Gasteiger partial charge >= 0.3 is 0 Å². The molecule has 0 unspecified atom stereocenters. The van der Waals surface area contributed by atoms with Crippen LogP contribution in [0.25, 0.3) is 5.69 Å². The van der Waals surface area contributed by atoms with Gasteiger partial charge in [0.15, 0.2) is 0 Å². The molecule has 2 aromatic carbocycles. The number of hydrazone groups is 1. The Labute approximate surface area is 171 Å². The average Bonchev–Trinajstić information content (AvgIpc) is 3.05. The van der Waals surface area contributed by atoms with E-state index in [9.17, 15) is 14.0 Å². The van der Waals surface area contributed by atoms with Crippen LogP contribution in [0, 0.1) is 12.7 Å². The van der Waals surface area contributed by atoms with Gasteiger partial charge in [-0.2, -0.15) is 5.10 Å². The molecule has 3 aromatic rings. The van der Waals surface area contributed by atoms with Gasteiger partial charge in [-0.25, -0.2) is 14.5 Å². The Hall–Kier alpha value is -3.88. The van der Waals surface area contributed by atoms with Crippen LogP contribution in [0.3, 0.4) is 0 Å². The van der Waals surface area contributed by atoms with Crippen molar-refractivity contribution >= 4 is 11.6 Å². The Bertz CT molecular complexity index is 1140. The van der Waals surface area contributed by atoms with Crippen LogP contribution in [0.15, 0.2) is 52.4 Å². The molecule has 0 radical (unpaired) electrons. The third-order valence-corrected chi connectivity index (χ3v) is 4.46. The Morgan fingerprint density at radius 3 is 2.27 bits per heavy atom. The molecule has 0 aliphatic carbocycles. The number of nitrogens with zero attached hydrogens (tertiary/aromatic N) is 2. The quantitative estimate of drug-likeness (QED) is 0.481. The highest BCUT2D eigenvalue weighted by atomic mass is 19.1. The Kier molecular flexibility index (Phi) is 6.01. The monoisotopic (exact) mass is 412 g/mol. The van der Waals surface area contributed by atoms with Gasteiger partial charge in [0.2, 0.25) is 0 Å². The number of rotatable bonds is 6. The smallest absolute Gasteiger partial charge is 0.280 e. The molecule has 1 aromatic heterocycles. The van der Waals surface area contributed by atoms with E-state index in [1.54, 1.807) is 32.0 Å². The van der Waals surface area contributed by atoms with Crippen molar-refractivity contribution < 1.29 is 18.7 Å². The van der Waals surface area contributed by atoms with Crippen LogP contribution in [0.4, 0.5) is 4.39 Å². The molecule has 0 atom stereocenters. The van der Waals surface area contributed by atoms with E-state index in [0.29, 0.717) is 34.2 Å². The third kappa shape index (κ3) is 4.24. The number of amides is 1. The van der Waals surface area contributed by atoms with E-state index in [0.717, 1.165) is 0 Å². The second-order valence-corrected chi connectivity index (χ2v) is 6.47. The summed E-state index contributed by atoms with van der Waals surface area (Å²) in [5, 5.41) is 7.00. The predicted octanol–water partition coefficient (Wildman–Crippen LogP) is 2.78. The van der Waals surface area contributed by atoms with Crippen LogP contribution >= 0.6 is 0 Å². The van der Waals surface area contributed by atoms with Gasteiger partial charge in [-0.3, -0.25) is 14.7 Å². The van der Waals surface area contributed by atoms with Gasteiger partial charge in [-0.15, -0.1) is 0 Å². The number of benzene rings is 2. The highest BCUT2D eigenvalue weighted by Gasteiger charge is 2.16. The topological polar surface area (TPSA) is 97.7 Å². The molecule has 3 rings (SSSR count). The van der Waals surface area contributed by atoms with Gasteiger partial charge in [0.1, 0.15) is 17.3 Å². The van der Waals surface area contributed by atoms with Crippen LogP contribution in [-0.4, -0.2) is 35.6 Å². The van der Waals surface area contributed by atoms with Crippen molar-refractivity contribution in [3.05, 3.63) is 75.5 Å². The number of carbonyl (C=O) groups is 1. The van der Waals surface area contributed by atoms with Crippen molar-refractivity contribution in [1.82, 2.24) is 15.2 Å². The molecule has 156 valence electrons. The first kappa shape index (κ1) is 20.8. The summed E-state index contributed by atoms with van der Waals surface area (Å²) in [6.45, 7) is 3.32. The van der Waals surface area contributed by atoms with E-state index >= 15 is 0 Å². The van der Waals surface area contributed by atoms with Crippen LogP contribution in [-0.2, 0) is 0 Å². The lowest BCUT2D eigenvalue weighted by Gasteiger charge is -2.07. The number of H-pyrrole nitrogens is 1. The van der Waals surface area contributed by atoms with E-state index in [2.05, 4.69) is 15.6 Å². The first-order chi connectivity index (χ1) is 14.3. The van der Waals surface area contributed by atoms with Crippen molar-refractivity contribution in [2.24, 2.45) is 5.10 Å². The minimum Gasteiger partial charge on any atom is -0.497 e. The molecule has 1 heterocycles. The summed E-state index contributed by atoms with van der Waals surface area (Å²) >= 11 is 0. The second kappa shape index (κ2) is 8.64. The number of hydrogen-bond acceptors (Lipinski definition) is 5. The van der Waals surface area contributed by atoms with E-state index in [1.807, 2.05) is 0 Å². The first-order valence-corrected chi connectivity index (χ1v) is 8.99. The fourth-order valence-corrected chi connectivity index (χ4v) is 2.94. The van der Waals surface area contributed by atoms with E-state index in [-0.39, 0.29) is 11.1 Å². The minimum absolute atomic E-state index is 0.289. The van der Waals surface area contributed by atoms with Gasteiger partial charge in [-0.1, -0.05) is 0 Å². The molecular weight excluding hydrogens is 391 g/mol. The third-order valence-electron chi connectivity index (χ3n) is 4.46. The molecule has 30 heavy (non-hydrogen) atoms. The van der Waals surface area contributed by atoms with E-state index < -0.39 is 11.7 Å². The number of halogens is 1. The molecule has 2 N–H and O–H groups in total. The van der Waals surface area contributed by atoms with Gasteiger partial charge in [0.25, 0.3) is 11.5 Å². The molecule has 0 fully saturated rings. The molecule has 0 spiro atoms. The predicted molar refractivity (Wildman–Crippen MR) is 110 cm³/mol. The Balaban J connectivity index is 1.87. The number of carbonyl (C=O) groups excluding carboxylic acids is 1. The molecule has 0 bridgehead atoms. The summed E-state index contributed by atoms with van der Waals surface area (Å²) in [4.78, 5) is 25.3. The fourth-order valence-electron chi connectivity index (χ4n) is 2.94. The van der Waals surface area contributed by atoms with Gasteiger partial charge < -0.3 is 9.47 Å². The van der Waals surface area contributed by atoms with Crippen LogP contribution < -0.4 is 20.5 Å². The highest BCUT2D eigenvalue weighted by Crippen LogP contribution is 2.22.